The fourth-order valence-corrected chi connectivity index (χ4v) is 1.86. The highest BCUT2D eigenvalue weighted by Gasteiger charge is 2.15. The van der Waals surface area contributed by atoms with E-state index in [4.69, 9.17) is 0 Å². The van der Waals surface area contributed by atoms with E-state index in [1.54, 1.807) is 12.3 Å². The zero-order chi connectivity index (χ0) is 10.7. The molecule has 1 aliphatic rings. The molecular weight excluding hydrogens is 190 g/mol. The molecule has 0 aromatic carbocycles. The number of methoxy groups -OCH3 is 1. The second-order valence-corrected chi connectivity index (χ2v) is 3.56. The Balaban J connectivity index is 2.37. The third-order valence-electron chi connectivity index (χ3n) is 2.58. The van der Waals surface area contributed by atoms with Gasteiger partial charge in [-0.05, 0) is 36.5 Å². The largest absolute Gasteiger partial charge is 0.466 e. The summed E-state index contributed by atoms with van der Waals surface area (Å²) in [5, 5.41) is 0. The predicted octanol–water partition coefficient (Wildman–Crippen LogP) is 1.97. The molecule has 2 rings (SSSR count). The van der Waals surface area contributed by atoms with Crippen molar-refractivity contribution in [1.29, 1.82) is 0 Å². The number of carbonyl (C=O) groups excluding carboxylic acids is 1. The molecule has 0 saturated heterocycles. The zero-order valence-corrected chi connectivity index (χ0v) is 8.69. The molecule has 0 unspecified atom stereocenters. The summed E-state index contributed by atoms with van der Waals surface area (Å²) in [5.41, 5.74) is 3.16. The molecule has 0 fully saturated rings. The van der Waals surface area contributed by atoms with Crippen molar-refractivity contribution in [3.05, 3.63) is 35.7 Å². The fraction of sp³-hybridized carbons (Fsp3) is 0.333. The fourth-order valence-electron chi connectivity index (χ4n) is 1.86. The van der Waals surface area contributed by atoms with Crippen LogP contribution in [0.2, 0.25) is 0 Å². The Kier molecular flexibility index (Phi) is 2.81. The Morgan fingerprint density at radius 2 is 2.40 bits per heavy atom. The molecule has 15 heavy (non-hydrogen) atoms. The first kappa shape index (κ1) is 9.90. The van der Waals surface area contributed by atoms with Gasteiger partial charge in [-0.3, -0.25) is 4.98 Å². The number of carbonyl (C=O) groups is 1. The van der Waals surface area contributed by atoms with E-state index in [0.717, 1.165) is 30.5 Å². The van der Waals surface area contributed by atoms with Crippen molar-refractivity contribution in [3.8, 4) is 0 Å². The zero-order valence-electron chi connectivity index (χ0n) is 8.69. The summed E-state index contributed by atoms with van der Waals surface area (Å²) in [5.74, 6) is -0.302. The summed E-state index contributed by atoms with van der Waals surface area (Å²) in [7, 11) is 1.39. The lowest BCUT2D eigenvalue weighted by Gasteiger charge is -2.16. The summed E-state index contributed by atoms with van der Waals surface area (Å²) in [4.78, 5) is 15.5. The maximum absolute atomic E-state index is 11.2. The minimum Gasteiger partial charge on any atom is -0.466 e. The molecule has 1 aromatic rings. The van der Waals surface area contributed by atoms with Crippen molar-refractivity contribution in [2.75, 3.05) is 7.11 Å². The molecule has 0 saturated carbocycles. The lowest BCUT2D eigenvalue weighted by Crippen LogP contribution is -2.06. The second kappa shape index (κ2) is 4.26. The van der Waals surface area contributed by atoms with Crippen LogP contribution in [0, 0.1) is 0 Å². The molecule has 0 aliphatic heterocycles. The summed E-state index contributed by atoms with van der Waals surface area (Å²) in [6, 6.07) is 3.99. The van der Waals surface area contributed by atoms with Crippen molar-refractivity contribution in [1.82, 2.24) is 4.98 Å². The van der Waals surface area contributed by atoms with Crippen LogP contribution in [0.3, 0.4) is 0 Å². The van der Waals surface area contributed by atoms with E-state index in [1.807, 2.05) is 6.07 Å². The monoisotopic (exact) mass is 203 g/mol. The molecule has 3 nitrogen and oxygen atoms in total. The van der Waals surface area contributed by atoms with Crippen molar-refractivity contribution in [2.24, 2.45) is 0 Å². The van der Waals surface area contributed by atoms with Gasteiger partial charge in [0.1, 0.15) is 0 Å². The predicted molar refractivity (Wildman–Crippen MR) is 57.2 cm³/mol. The van der Waals surface area contributed by atoms with Gasteiger partial charge in [-0.25, -0.2) is 4.79 Å². The Morgan fingerprint density at radius 1 is 1.53 bits per heavy atom. The van der Waals surface area contributed by atoms with Crippen molar-refractivity contribution in [3.63, 3.8) is 0 Å². The van der Waals surface area contributed by atoms with Gasteiger partial charge in [-0.1, -0.05) is 6.07 Å². The summed E-state index contributed by atoms with van der Waals surface area (Å²) in [6.07, 6.45) is 6.32. The maximum atomic E-state index is 11.2. The summed E-state index contributed by atoms with van der Waals surface area (Å²) >= 11 is 0. The Bertz CT molecular complexity index is 410. The molecule has 0 amide bonds. The number of esters is 1. The van der Waals surface area contributed by atoms with E-state index in [9.17, 15) is 4.79 Å². The average molecular weight is 203 g/mol. The van der Waals surface area contributed by atoms with Crippen LogP contribution in [-0.4, -0.2) is 18.1 Å². The Hall–Kier alpha value is -1.64. The lowest BCUT2D eigenvalue weighted by atomic mass is 9.91. The van der Waals surface area contributed by atoms with Crippen molar-refractivity contribution < 1.29 is 9.53 Å². The molecule has 0 radical (unpaired) electrons. The average Bonchev–Trinajstić information content (AvgIpc) is 2.29. The number of rotatable bonds is 1. The molecule has 0 atom stereocenters. The van der Waals surface area contributed by atoms with Crippen LogP contribution >= 0.6 is 0 Å². The van der Waals surface area contributed by atoms with Crippen molar-refractivity contribution in [2.45, 2.75) is 19.3 Å². The van der Waals surface area contributed by atoms with Crippen LogP contribution in [0.15, 0.2) is 24.4 Å². The first-order valence-corrected chi connectivity index (χ1v) is 5.04. The number of aryl methyl sites for hydroxylation is 1. The third kappa shape index (κ3) is 2.06. The molecule has 1 aromatic heterocycles. The van der Waals surface area contributed by atoms with E-state index in [-0.39, 0.29) is 5.97 Å². The smallest absolute Gasteiger partial charge is 0.330 e. The van der Waals surface area contributed by atoms with E-state index >= 15 is 0 Å². The second-order valence-electron chi connectivity index (χ2n) is 3.56. The third-order valence-corrected chi connectivity index (χ3v) is 2.58. The van der Waals surface area contributed by atoms with Gasteiger partial charge in [0.25, 0.3) is 0 Å². The minimum atomic E-state index is -0.302. The van der Waals surface area contributed by atoms with Gasteiger partial charge in [-0.15, -0.1) is 0 Å². The molecule has 78 valence electrons. The first-order valence-electron chi connectivity index (χ1n) is 5.04. The number of aromatic nitrogens is 1. The number of hydrogen-bond acceptors (Lipinski definition) is 3. The number of allylic oxidation sites excluding steroid dienone is 1. The van der Waals surface area contributed by atoms with Gasteiger partial charge in [0, 0.05) is 12.3 Å². The molecular formula is C12H13NO2. The van der Waals surface area contributed by atoms with Crippen LogP contribution in [-0.2, 0) is 16.0 Å². The molecule has 0 N–H and O–H groups in total. The van der Waals surface area contributed by atoms with Crippen molar-refractivity contribution >= 4 is 11.5 Å². The number of pyridine rings is 1. The highest BCUT2D eigenvalue weighted by molar-refractivity contribution is 5.91. The van der Waals surface area contributed by atoms with Crippen LogP contribution in [0.5, 0.6) is 0 Å². The van der Waals surface area contributed by atoms with Gasteiger partial charge < -0.3 is 4.74 Å². The molecule has 1 aliphatic carbocycles. The number of ether oxygens (including phenoxy) is 1. The summed E-state index contributed by atoms with van der Waals surface area (Å²) < 4.78 is 4.62. The van der Waals surface area contributed by atoms with Gasteiger partial charge in [-0.2, -0.15) is 0 Å². The first-order chi connectivity index (χ1) is 7.31. The standard InChI is InChI=1S/C12H13NO2/c1-15-11(14)8-10-5-2-4-9-6-3-7-13-12(9)10/h3,6-8H,2,4-5H2,1H3/b10-8-. The molecule has 3 heteroatoms. The van der Waals surface area contributed by atoms with Crippen LogP contribution < -0.4 is 0 Å². The van der Waals surface area contributed by atoms with E-state index in [2.05, 4.69) is 15.8 Å². The van der Waals surface area contributed by atoms with E-state index < -0.39 is 0 Å². The van der Waals surface area contributed by atoms with Gasteiger partial charge in [0.2, 0.25) is 0 Å². The SMILES string of the molecule is COC(=O)/C=C1/CCCc2cccnc21. The maximum Gasteiger partial charge on any atom is 0.330 e. The lowest BCUT2D eigenvalue weighted by molar-refractivity contribution is -0.134. The highest BCUT2D eigenvalue weighted by atomic mass is 16.5. The molecule has 1 heterocycles. The Morgan fingerprint density at radius 3 is 3.20 bits per heavy atom. The molecule has 0 bridgehead atoms. The van der Waals surface area contributed by atoms with E-state index in [1.165, 1.54) is 12.7 Å². The van der Waals surface area contributed by atoms with Crippen LogP contribution in [0.1, 0.15) is 24.1 Å². The van der Waals surface area contributed by atoms with Crippen LogP contribution in [0.25, 0.3) is 5.57 Å². The van der Waals surface area contributed by atoms with Crippen LogP contribution in [0.4, 0.5) is 0 Å². The van der Waals surface area contributed by atoms with E-state index in [0.29, 0.717) is 0 Å². The number of hydrogen-bond donors (Lipinski definition) is 0. The minimum absolute atomic E-state index is 0.302. The normalized spacial score (nSPS) is 17.3. The van der Waals surface area contributed by atoms with Gasteiger partial charge in [0.15, 0.2) is 0 Å². The molecule has 0 spiro atoms. The topological polar surface area (TPSA) is 39.2 Å². The number of fused-ring (bicyclic) bond motifs is 1. The number of nitrogens with zero attached hydrogens (tertiary/aromatic N) is 1. The highest BCUT2D eigenvalue weighted by Crippen LogP contribution is 2.28. The van der Waals surface area contributed by atoms with Gasteiger partial charge >= 0.3 is 5.97 Å². The summed E-state index contributed by atoms with van der Waals surface area (Å²) in [6.45, 7) is 0. The quantitative estimate of drug-likeness (QED) is 0.517. The Labute approximate surface area is 88.8 Å². The van der Waals surface area contributed by atoms with Gasteiger partial charge in [0.05, 0.1) is 12.8 Å².